The predicted octanol–water partition coefficient (Wildman–Crippen LogP) is 1.08. The highest BCUT2D eigenvalue weighted by Crippen LogP contribution is 2.29. The zero-order valence-electron chi connectivity index (χ0n) is 13.8. The van der Waals surface area contributed by atoms with E-state index in [1.807, 2.05) is 24.4 Å². The molecule has 3 aromatic heterocycles. The molecule has 0 radical (unpaired) electrons. The Hall–Kier alpha value is -3.18. The first-order valence-electron chi connectivity index (χ1n) is 8.05. The number of hydrogen-bond acceptors (Lipinski definition) is 7. The smallest absolute Gasteiger partial charge is 0.151 e. The highest BCUT2D eigenvalue weighted by Gasteiger charge is 2.15. The lowest BCUT2D eigenvalue weighted by Crippen LogP contribution is -2.43. The fourth-order valence-electron chi connectivity index (χ4n) is 3.00. The van der Waals surface area contributed by atoms with Gasteiger partial charge in [0.05, 0.1) is 19.0 Å². The Morgan fingerprint density at radius 2 is 2.08 bits per heavy atom. The molecule has 1 aliphatic heterocycles. The highest BCUT2D eigenvalue weighted by atomic mass is 16.5. The largest absolute Gasteiger partial charge is 0.494 e. The first-order valence-corrected chi connectivity index (χ1v) is 8.05. The molecule has 25 heavy (non-hydrogen) atoms. The Balaban J connectivity index is 1.70. The predicted molar refractivity (Wildman–Crippen MR) is 92.6 cm³/mol. The van der Waals surface area contributed by atoms with Crippen LogP contribution in [-0.2, 0) is 0 Å². The van der Waals surface area contributed by atoms with Crippen molar-refractivity contribution in [3.8, 4) is 23.1 Å². The summed E-state index contributed by atoms with van der Waals surface area (Å²) in [5.74, 6) is 1.46. The second-order valence-electron chi connectivity index (χ2n) is 5.77. The van der Waals surface area contributed by atoms with E-state index in [4.69, 9.17) is 4.74 Å². The van der Waals surface area contributed by atoms with E-state index in [9.17, 15) is 5.26 Å². The summed E-state index contributed by atoms with van der Waals surface area (Å²) in [4.78, 5) is 2.21. The van der Waals surface area contributed by atoms with Crippen molar-refractivity contribution in [3.63, 3.8) is 0 Å². The Morgan fingerprint density at radius 3 is 2.76 bits per heavy atom. The SMILES string of the molecule is COc1cc(-c2ccc(N3CCNCC3)nn2)cn2ncc(C#N)c12. The van der Waals surface area contributed by atoms with Crippen molar-refractivity contribution < 1.29 is 4.74 Å². The lowest BCUT2D eigenvalue weighted by molar-refractivity contribution is 0.417. The van der Waals surface area contributed by atoms with E-state index in [0.717, 1.165) is 43.3 Å². The standard InChI is InChI=1S/C17H17N7O/c1-25-15-8-12(11-24-17(15)13(9-18)10-20-24)14-2-3-16(22-21-14)23-6-4-19-5-7-23/h2-3,8,10-11,19H,4-7H2,1H3. The average Bonchev–Trinajstić information content (AvgIpc) is 3.11. The molecule has 1 N–H and O–H groups in total. The van der Waals surface area contributed by atoms with Gasteiger partial charge in [-0.05, 0) is 18.2 Å². The summed E-state index contributed by atoms with van der Waals surface area (Å²) >= 11 is 0. The van der Waals surface area contributed by atoms with Crippen LogP contribution in [0, 0.1) is 11.3 Å². The number of aromatic nitrogens is 4. The van der Waals surface area contributed by atoms with Gasteiger partial charge in [-0.15, -0.1) is 10.2 Å². The summed E-state index contributed by atoms with van der Waals surface area (Å²) in [6.07, 6.45) is 3.36. The molecule has 4 heterocycles. The number of nitrogens with zero attached hydrogens (tertiary/aromatic N) is 6. The fourth-order valence-corrected chi connectivity index (χ4v) is 3.00. The van der Waals surface area contributed by atoms with Crippen molar-refractivity contribution >= 4 is 11.3 Å². The molecule has 0 amide bonds. The molecular formula is C17H17N7O. The third kappa shape index (κ3) is 2.75. The summed E-state index contributed by atoms with van der Waals surface area (Å²) < 4.78 is 7.07. The van der Waals surface area contributed by atoms with Crippen LogP contribution in [0.5, 0.6) is 5.75 Å². The molecule has 4 rings (SSSR count). The van der Waals surface area contributed by atoms with Crippen LogP contribution >= 0.6 is 0 Å². The number of nitrogens with one attached hydrogen (secondary N) is 1. The second-order valence-corrected chi connectivity index (χ2v) is 5.77. The Morgan fingerprint density at radius 1 is 1.24 bits per heavy atom. The molecule has 1 fully saturated rings. The quantitative estimate of drug-likeness (QED) is 0.766. The van der Waals surface area contributed by atoms with Crippen LogP contribution in [0.25, 0.3) is 16.8 Å². The molecule has 8 heteroatoms. The maximum Gasteiger partial charge on any atom is 0.151 e. The Labute approximate surface area is 144 Å². The van der Waals surface area contributed by atoms with Crippen LogP contribution < -0.4 is 15.0 Å². The van der Waals surface area contributed by atoms with Crippen molar-refractivity contribution in [1.82, 2.24) is 25.1 Å². The van der Waals surface area contributed by atoms with Crippen LogP contribution in [0.15, 0.2) is 30.6 Å². The van der Waals surface area contributed by atoms with Crippen molar-refractivity contribution in [2.24, 2.45) is 0 Å². The summed E-state index contributed by atoms with van der Waals surface area (Å²) in [5.41, 5.74) is 2.69. The third-order valence-corrected chi connectivity index (χ3v) is 4.30. The number of rotatable bonds is 3. The van der Waals surface area contributed by atoms with Gasteiger partial charge in [0.2, 0.25) is 0 Å². The lowest BCUT2D eigenvalue weighted by Gasteiger charge is -2.27. The van der Waals surface area contributed by atoms with Crippen molar-refractivity contribution in [1.29, 1.82) is 5.26 Å². The van der Waals surface area contributed by atoms with Crippen LogP contribution in [-0.4, -0.2) is 53.1 Å². The molecule has 3 aromatic rings. The zero-order chi connectivity index (χ0) is 17.2. The number of hydrogen-bond donors (Lipinski definition) is 1. The first kappa shape index (κ1) is 15.4. The van der Waals surface area contributed by atoms with Crippen molar-refractivity contribution in [2.45, 2.75) is 0 Å². The number of pyridine rings is 1. The summed E-state index contributed by atoms with van der Waals surface area (Å²) in [6, 6.07) is 7.90. The summed E-state index contributed by atoms with van der Waals surface area (Å²) in [6.45, 7) is 3.77. The van der Waals surface area contributed by atoms with Gasteiger partial charge in [0.15, 0.2) is 5.82 Å². The minimum atomic E-state index is 0.476. The van der Waals surface area contributed by atoms with Gasteiger partial charge in [-0.1, -0.05) is 0 Å². The zero-order valence-corrected chi connectivity index (χ0v) is 13.8. The van der Waals surface area contributed by atoms with Gasteiger partial charge in [0.25, 0.3) is 0 Å². The molecule has 0 aliphatic carbocycles. The molecule has 0 bridgehead atoms. The molecule has 0 unspecified atom stereocenters. The van der Waals surface area contributed by atoms with Gasteiger partial charge in [0, 0.05) is 37.9 Å². The average molecular weight is 335 g/mol. The summed E-state index contributed by atoms with van der Waals surface area (Å²) in [7, 11) is 1.58. The van der Waals surface area contributed by atoms with E-state index < -0.39 is 0 Å². The first-order chi connectivity index (χ1) is 12.3. The molecule has 1 aliphatic rings. The number of anilines is 1. The topological polar surface area (TPSA) is 91.4 Å². The molecule has 1 saturated heterocycles. The Kier molecular flexibility index (Phi) is 3.91. The fraction of sp³-hybridized carbons (Fsp3) is 0.294. The number of piperazine rings is 1. The highest BCUT2D eigenvalue weighted by molar-refractivity contribution is 5.74. The molecule has 0 atom stereocenters. The number of nitriles is 1. The van der Waals surface area contributed by atoms with Gasteiger partial charge in [-0.25, -0.2) is 4.52 Å². The van der Waals surface area contributed by atoms with E-state index in [2.05, 4.69) is 31.6 Å². The second kappa shape index (κ2) is 6.37. The number of fused-ring (bicyclic) bond motifs is 1. The van der Waals surface area contributed by atoms with Crippen molar-refractivity contribution in [2.75, 3.05) is 38.2 Å². The van der Waals surface area contributed by atoms with Gasteiger partial charge < -0.3 is 15.0 Å². The molecule has 0 aromatic carbocycles. The van der Waals surface area contributed by atoms with E-state index in [-0.39, 0.29) is 0 Å². The maximum absolute atomic E-state index is 9.19. The van der Waals surface area contributed by atoms with Crippen LogP contribution in [0.1, 0.15) is 5.56 Å². The van der Waals surface area contributed by atoms with Gasteiger partial charge in [-0.3, -0.25) is 0 Å². The molecule has 0 saturated carbocycles. The number of methoxy groups -OCH3 is 1. The van der Waals surface area contributed by atoms with Crippen molar-refractivity contribution in [3.05, 3.63) is 36.2 Å². The van der Waals surface area contributed by atoms with E-state index in [0.29, 0.717) is 16.8 Å². The molecule has 0 spiro atoms. The van der Waals surface area contributed by atoms with E-state index >= 15 is 0 Å². The van der Waals surface area contributed by atoms with Crippen LogP contribution in [0.2, 0.25) is 0 Å². The third-order valence-electron chi connectivity index (χ3n) is 4.30. The summed E-state index contributed by atoms with van der Waals surface area (Å²) in [5, 5.41) is 25.5. The molecule has 8 nitrogen and oxygen atoms in total. The van der Waals surface area contributed by atoms with Gasteiger partial charge in [0.1, 0.15) is 22.9 Å². The molecule has 126 valence electrons. The van der Waals surface area contributed by atoms with E-state index in [1.165, 1.54) is 6.20 Å². The minimum absolute atomic E-state index is 0.476. The molecular weight excluding hydrogens is 318 g/mol. The number of ether oxygens (including phenoxy) is 1. The minimum Gasteiger partial charge on any atom is -0.494 e. The van der Waals surface area contributed by atoms with Crippen LogP contribution in [0.3, 0.4) is 0 Å². The van der Waals surface area contributed by atoms with Crippen LogP contribution in [0.4, 0.5) is 5.82 Å². The maximum atomic E-state index is 9.19. The van der Waals surface area contributed by atoms with E-state index in [1.54, 1.807) is 11.6 Å². The normalized spacial score (nSPS) is 14.5. The van der Waals surface area contributed by atoms with Gasteiger partial charge >= 0.3 is 0 Å². The lowest BCUT2D eigenvalue weighted by atomic mass is 10.1. The monoisotopic (exact) mass is 335 g/mol. The Bertz CT molecular complexity index is 936. The van der Waals surface area contributed by atoms with Gasteiger partial charge in [-0.2, -0.15) is 10.4 Å².